The second kappa shape index (κ2) is 4.89. The molecule has 0 aliphatic rings. The second-order valence-electron chi connectivity index (χ2n) is 2.76. The van der Waals surface area contributed by atoms with E-state index >= 15 is 0 Å². The molecule has 0 saturated heterocycles. The quantitative estimate of drug-likeness (QED) is 0.668. The van der Waals surface area contributed by atoms with Crippen LogP contribution >= 0.6 is 0 Å². The Morgan fingerprint density at radius 3 is 2.31 bits per heavy atom. The molecule has 0 bridgehead atoms. The highest BCUT2D eigenvalue weighted by atomic mass is 16.5. The molecule has 0 unspecified atom stereocenters. The number of ether oxygens (including phenoxy) is 1. The summed E-state index contributed by atoms with van der Waals surface area (Å²) in [5, 5.41) is 17.4. The molecule has 0 amide bonds. The average Bonchev–Trinajstić information content (AvgIpc) is 2.08. The van der Waals surface area contributed by atoms with Crippen LogP contribution in [0.25, 0.3) is 0 Å². The van der Waals surface area contributed by atoms with Gasteiger partial charge in [0.25, 0.3) is 0 Å². The van der Waals surface area contributed by atoms with Gasteiger partial charge in [-0.1, -0.05) is 12.1 Å². The maximum absolute atomic E-state index is 8.70. The molecule has 0 aliphatic heterocycles. The van der Waals surface area contributed by atoms with Crippen LogP contribution in [-0.4, -0.2) is 23.8 Å². The SMILES string of the molecule is CCOc1ccc(CB(O)O)cc1. The summed E-state index contributed by atoms with van der Waals surface area (Å²) in [6, 6.07) is 7.29. The van der Waals surface area contributed by atoms with Crippen LogP contribution in [0.15, 0.2) is 24.3 Å². The van der Waals surface area contributed by atoms with Gasteiger partial charge in [0.05, 0.1) is 6.61 Å². The van der Waals surface area contributed by atoms with Crippen LogP contribution in [0.4, 0.5) is 0 Å². The zero-order valence-electron chi connectivity index (χ0n) is 7.60. The van der Waals surface area contributed by atoms with Gasteiger partial charge in [0, 0.05) is 6.32 Å². The highest BCUT2D eigenvalue weighted by molar-refractivity contribution is 6.40. The lowest BCUT2D eigenvalue weighted by Gasteiger charge is -2.04. The molecule has 0 aliphatic carbocycles. The first kappa shape index (κ1) is 10.1. The van der Waals surface area contributed by atoms with Crippen molar-refractivity contribution in [2.24, 2.45) is 0 Å². The lowest BCUT2D eigenvalue weighted by molar-refractivity contribution is 0.340. The lowest BCUT2D eigenvalue weighted by atomic mass is 9.82. The van der Waals surface area contributed by atoms with E-state index in [1.165, 1.54) is 0 Å². The minimum atomic E-state index is -1.28. The van der Waals surface area contributed by atoms with Gasteiger partial charge in [-0.05, 0) is 24.6 Å². The fourth-order valence-electron chi connectivity index (χ4n) is 1.10. The Bertz CT molecular complexity index is 246. The van der Waals surface area contributed by atoms with E-state index in [4.69, 9.17) is 14.8 Å². The van der Waals surface area contributed by atoms with E-state index in [0.29, 0.717) is 6.61 Å². The molecule has 1 rings (SSSR count). The molecule has 0 radical (unpaired) electrons. The molecule has 4 heteroatoms. The molecule has 13 heavy (non-hydrogen) atoms. The minimum absolute atomic E-state index is 0.256. The van der Waals surface area contributed by atoms with Crippen molar-refractivity contribution >= 4 is 7.12 Å². The van der Waals surface area contributed by atoms with Gasteiger partial charge in [-0.15, -0.1) is 0 Å². The van der Waals surface area contributed by atoms with E-state index in [1.807, 2.05) is 31.2 Å². The third kappa shape index (κ3) is 3.48. The Morgan fingerprint density at radius 2 is 1.85 bits per heavy atom. The summed E-state index contributed by atoms with van der Waals surface area (Å²) >= 11 is 0. The third-order valence-electron chi connectivity index (χ3n) is 1.65. The van der Waals surface area contributed by atoms with E-state index in [9.17, 15) is 0 Å². The zero-order valence-corrected chi connectivity index (χ0v) is 7.60. The summed E-state index contributed by atoms with van der Waals surface area (Å²) in [4.78, 5) is 0. The molecule has 0 heterocycles. The van der Waals surface area contributed by atoms with Crippen molar-refractivity contribution in [2.75, 3.05) is 6.61 Å². The van der Waals surface area contributed by atoms with Crippen molar-refractivity contribution in [3.05, 3.63) is 29.8 Å². The Hall–Kier alpha value is -0.995. The Balaban J connectivity index is 2.59. The van der Waals surface area contributed by atoms with Gasteiger partial charge in [0.2, 0.25) is 0 Å². The minimum Gasteiger partial charge on any atom is -0.494 e. The van der Waals surface area contributed by atoms with Gasteiger partial charge in [-0.25, -0.2) is 0 Å². The summed E-state index contributed by atoms with van der Waals surface area (Å²) in [6.07, 6.45) is 0.256. The van der Waals surface area contributed by atoms with Crippen molar-refractivity contribution in [2.45, 2.75) is 13.2 Å². The average molecular weight is 180 g/mol. The molecular weight excluding hydrogens is 167 g/mol. The maximum Gasteiger partial charge on any atom is 0.456 e. The first-order valence-corrected chi connectivity index (χ1v) is 4.30. The van der Waals surface area contributed by atoms with E-state index in [1.54, 1.807) is 0 Å². The molecule has 2 N–H and O–H groups in total. The molecule has 3 nitrogen and oxygen atoms in total. The van der Waals surface area contributed by atoms with Crippen LogP contribution in [0.3, 0.4) is 0 Å². The molecule has 0 fully saturated rings. The molecule has 1 aromatic carbocycles. The number of rotatable bonds is 4. The van der Waals surface area contributed by atoms with Crippen LogP contribution in [-0.2, 0) is 6.32 Å². The molecule has 0 aromatic heterocycles. The summed E-state index contributed by atoms with van der Waals surface area (Å²) in [5.41, 5.74) is 0.887. The van der Waals surface area contributed by atoms with Gasteiger partial charge >= 0.3 is 7.12 Å². The monoisotopic (exact) mass is 180 g/mol. The van der Waals surface area contributed by atoms with E-state index in [2.05, 4.69) is 0 Å². The Kier molecular flexibility index (Phi) is 3.80. The van der Waals surface area contributed by atoms with Crippen LogP contribution in [0.5, 0.6) is 5.75 Å². The van der Waals surface area contributed by atoms with Gasteiger partial charge in [0.15, 0.2) is 0 Å². The predicted octanol–water partition coefficient (Wildman–Crippen LogP) is 0.640. The van der Waals surface area contributed by atoms with Crippen molar-refractivity contribution in [3.8, 4) is 5.75 Å². The van der Waals surface area contributed by atoms with Gasteiger partial charge < -0.3 is 14.8 Å². The number of hydrogen-bond donors (Lipinski definition) is 2. The summed E-state index contributed by atoms with van der Waals surface area (Å²) in [7, 11) is -1.28. The molecule has 1 aromatic rings. The van der Waals surface area contributed by atoms with Crippen LogP contribution < -0.4 is 4.74 Å². The second-order valence-corrected chi connectivity index (χ2v) is 2.76. The smallest absolute Gasteiger partial charge is 0.456 e. The van der Waals surface area contributed by atoms with E-state index in [-0.39, 0.29) is 6.32 Å². The van der Waals surface area contributed by atoms with Crippen LogP contribution in [0.2, 0.25) is 0 Å². The predicted molar refractivity (Wildman–Crippen MR) is 51.5 cm³/mol. The van der Waals surface area contributed by atoms with Gasteiger partial charge in [0.1, 0.15) is 5.75 Å². The van der Waals surface area contributed by atoms with Gasteiger partial charge in [-0.3, -0.25) is 0 Å². The van der Waals surface area contributed by atoms with E-state index in [0.717, 1.165) is 11.3 Å². The van der Waals surface area contributed by atoms with E-state index < -0.39 is 7.12 Å². The van der Waals surface area contributed by atoms with Crippen molar-refractivity contribution in [1.29, 1.82) is 0 Å². The van der Waals surface area contributed by atoms with Crippen LogP contribution in [0, 0.1) is 0 Å². The standard InChI is InChI=1S/C9H13BO3/c1-2-13-9-5-3-8(4-6-9)7-10(11)12/h3-6,11-12H,2,7H2,1H3. The molecular formula is C9H13BO3. The molecule has 0 atom stereocenters. The summed E-state index contributed by atoms with van der Waals surface area (Å²) in [6.45, 7) is 2.56. The fourth-order valence-corrected chi connectivity index (χ4v) is 1.10. The van der Waals surface area contributed by atoms with Crippen molar-refractivity contribution < 1.29 is 14.8 Å². The van der Waals surface area contributed by atoms with Crippen molar-refractivity contribution in [1.82, 2.24) is 0 Å². The first-order valence-electron chi connectivity index (χ1n) is 4.30. The number of hydrogen-bond acceptors (Lipinski definition) is 3. The van der Waals surface area contributed by atoms with Crippen molar-refractivity contribution in [3.63, 3.8) is 0 Å². The third-order valence-corrected chi connectivity index (χ3v) is 1.65. The maximum atomic E-state index is 8.70. The highest BCUT2D eigenvalue weighted by Gasteiger charge is 2.07. The highest BCUT2D eigenvalue weighted by Crippen LogP contribution is 2.12. The largest absolute Gasteiger partial charge is 0.494 e. The Morgan fingerprint density at radius 1 is 1.23 bits per heavy atom. The number of benzene rings is 1. The zero-order chi connectivity index (χ0) is 9.68. The topological polar surface area (TPSA) is 49.7 Å². The first-order chi connectivity index (χ1) is 6.22. The summed E-state index contributed by atoms with van der Waals surface area (Å²) < 4.78 is 5.24. The molecule has 70 valence electrons. The molecule has 0 saturated carbocycles. The Labute approximate surface area is 78.1 Å². The summed E-state index contributed by atoms with van der Waals surface area (Å²) in [5.74, 6) is 0.804. The molecule has 0 spiro atoms. The van der Waals surface area contributed by atoms with Gasteiger partial charge in [-0.2, -0.15) is 0 Å². The normalized spacial score (nSPS) is 9.77. The fraction of sp³-hybridized carbons (Fsp3) is 0.333. The lowest BCUT2D eigenvalue weighted by Crippen LogP contribution is -2.14. The van der Waals surface area contributed by atoms with Crippen LogP contribution in [0.1, 0.15) is 12.5 Å².